The number of nitrogens with zero attached hydrogens (tertiary/aromatic N) is 1. The van der Waals surface area contributed by atoms with Crippen LogP contribution in [0.3, 0.4) is 0 Å². The Morgan fingerprint density at radius 2 is 2.21 bits per heavy atom. The number of carbonyl (C=O) groups is 2. The van der Waals surface area contributed by atoms with Crippen LogP contribution in [-0.4, -0.2) is 47.5 Å². The summed E-state index contributed by atoms with van der Waals surface area (Å²) in [6.45, 7) is 1.22. The Kier molecular flexibility index (Phi) is 5.42. The van der Waals surface area contributed by atoms with E-state index in [2.05, 4.69) is 16.0 Å². The molecule has 1 saturated heterocycles. The minimum Gasteiger partial charge on any atom is -0.358 e. The molecule has 0 spiro atoms. The number of hydrogen-bond acceptors (Lipinski definition) is 4. The zero-order valence-corrected chi connectivity index (χ0v) is 14.5. The average Bonchev–Trinajstić information content (AvgIpc) is 2.98. The van der Waals surface area contributed by atoms with Crippen molar-refractivity contribution in [2.24, 2.45) is 0 Å². The number of likely N-dealkylation sites (N-methyl/N-ethyl adjacent to an activating group) is 1. The monoisotopic (exact) mass is 346 g/mol. The van der Waals surface area contributed by atoms with Gasteiger partial charge in [0.1, 0.15) is 6.54 Å². The van der Waals surface area contributed by atoms with Gasteiger partial charge in [0.25, 0.3) is 0 Å². The van der Waals surface area contributed by atoms with E-state index in [1.807, 2.05) is 46.8 Å². The second kappa shape index (κ2) is 7.72. The normalized spacial score (nSPS) is 17.6. The van der Waals surface area contributed by atoms with Crippen molar-refractivity contribution in [3.63, 3.8) is 0 Å². The minimum absolute atomic E-state index is 0.0127. The SMILES string of the molecule is CNC(=O)Cn1ccc2ccc(NC(=O)CC3CSCCN3)cc21. The Morgan fingerprint density at radius 3 is 2.96 bits per heavy atom. The van der Waals surface area contributed by atoms with Gasteiger partial charge in [0.05, 0.1) is 5.52 Å². The molecule has 6 nitrogen and oxygen atoms in total. The summed E-state index contributed by atoms with van der Waals surface area (Å²) in [7, 11) is 1.62. The highest BCUT2D eigenvalue weighted by atomic mass is 32.2. The quantitative estimate of drug-likeness (QED) is 0.765. The molecule has 0 bridgehead atoms. The number of fused-ring (bicyclic) bond motifs is 1. The number of rotatable bonds is 5. The number of amides is 2. The van der Waals surface area contributed by atoms with Gasteiger partial charge >= 0.3 is 0 Å². The summed E-state index contributed by atoms with van der Waals surface area (Å²) in [5.74, 6) is 2.04. The second-order valence-corrected chi connectivity index (χ2v) is 7.02. The summed E-state index contributed by atoms with van der Waals surface area (Å²) in [6.07, 6.45) is 2.36. The number of anilines is 1. The van der Waals surface area contributed by atoms with E-state index < -0.39 is 0 Å². The van der Waals surface area contributed by atoms with E-state index in [1.165, 1.54) is 0 Å². The molecule has 0 aliphatic carbocycles. The van der Waals surface area contributed by atoms with Gasteiger partial charge in [0.2, 0.25) is 11.8 Å². The molecule has 128 valence electrons. The fraction of sp³-hybridized carbons (Fsp3) is 0.412. The highest BCUT2D eigenvalue weighted by molar-refractivity contribution is 7.99. The van der Waals surface area contributed by atoms with Gasteiger partial charge in [-0.3, -0.25) is 9.59 Å². The molecule has 1 aromatic carbocycles. The van der Waals surface area contributed by atoms with Gasteiger partial charge in [0.15, 0.2) is 0 Å². The van der Waals surface area contributed by atoms with Crippen molar-refractivity contribution in [2.75, 3.05) is 30.4 Å². The maximum atomic E-state index is 12.2. The summed E-state index contributed by atoms with van der Waals surface area (Å²) < 4.78 is 1.88. The molecule has 1 fully saturated rings. The number of nitrogens with one attached hydrogen (secondary N) is 3. The zero-order chi connectivity index (χ0) is 16.9. The predicted molar refractivity (Wildman–Crippen MR) is 98.4 cm³/mol. The molecule has 1 atom stereocenters. The zero-order valence-electron chi connectivity index (χ0n) is 13.7. The van der Waals surface area contributed by atoms with Gasteiger partial charge in [0, 0.05) is 49.4 Å². The molecule has 1 aromatic heterocycles. The van der Waals surface area contributed by atoms with Crippen molar-refractivity contribution < 1.29 is 9.59 Å². The fourth-order valence-corrected chi connectivity index (χ4v) is 3.77. The van der Waals surface area contributed by atoms with Gasteiger partial charge in [-0.05, 0) is 23.6 Å². The van der Waals surface area contributed by atoms with Crippen molar-refractivity contribution in [1.29, 1.82) is 0 Å². The van der Waals surface area contributed by atoms with Crippen LogP contribution in [-0.2, 0) is 16.1 Å². The van der Waals surface area contributed by atoms with Crippen molar-refractivity contribution in [2.45, 2.75) is 19.0 Å². The number of hydrogen-bond donors (Lipinski definition) is 3. The Balaban J connectivity index is 1.68. The number of carbonyl (C=O) groups excluding carboxylic acids is 2. The van der Waals surface area contributed by atoms with Crippen LogP contribution < -0.4 is 16.0 Å². The molecule has 1 aliphatic heterocycles. The topological polar surface area (TPSA) is 75.2 Å². The van der Waals surface area contributed by atoms with Crippen LogP contribution in [0.5, 0.6) is 0 Å². The first kappa shape index (κ1) is 16.9. The van der Waals surface area contributed by atoms with Crippen molar-refractivity contribution in [3.8, 4) is 0 Å². The van der Waals surface area contributed by atoms with Gasteiger partial charge in [-0.2, -0.15) is 11.8 Å². The van der Waals surface area contributed by atoms with Gasteiger partial charge < -0.3 is 20.5 Å². The van der Waals surface area contributed by atoms with Gasteiger partial charge in [-0.25, -0.2) is 0 Å². The summed E-state index contributed by atoms with van der Waals surface area (Å²) in [4.78, 5) is 23.8. The third kappa shape index (κ3) is 4.10. The van der Waals surface area contributed by atoms with Crippen LogP contribution in [0.4, 0.5) is 5.69 Å². The van der Waals surface area contributed by atoms with E-state index in [-0.39, 0.29) is 24.4 Å². The number of aromatic nitrogens is 1. The summed E-state index contributed by atoms with van der Waals surface area (Å²) in [6, 6.07) is 7.98. The first-order valence-corrected chi connectivity index (χ1v) is 9.21. The molecule has 1 unspecified atom stereocenters. The molecule has 0 radical (unpaired) electrons. The average molecular weight is 346 g/mol. The highest BCUT2D eigenvalue weighted by Gasteiger charge is 2.17. The molecule has 0 saturated carbocycles. The lowest BCUT2D eigenvalue weighted by molar-refractivity contribution is -0.121. The van der Waals surface area contributed by atoms with Crippen molar-refractivity contribution in [3.05, 3.63) is 30.5 Å². The standard InChI is InChI=1S/C17H22N4O2S/c1-18-17(23)10-21-6-4-12-2-3-13(8-15(12)21)20-16(22)9-14-11-24-7-5-19-14/h2-4,6,8,14,19H,5,7,9-11H2,1H3,(H,18,23)(H,20,22). The molecule has 3 rings (SSSR count). The maximum absolute atomic E-state index is 12.2. The second-order valence-electron chi connectivity index (χ2n) is 5.87. The van der Waals surface area contributed by atoms with E-state index in [1.54, 1.807) is 7.05 Å². The largest absolute Gasteiger partial charge is 0.358 e. The number of thioether (sulfide) groups is 1. The summed E-state index contributed by atoms with van der Waals surface area (Å²) in [5.41, 5.74) is 1.69. The summed E-state index contributed by atoms with van der Waals surface area (Å²) in [5, 5.41) is 10.00. The Labute approximate surface area is 145 Å². The lowest BCUT2D eigenvalue weighted by Crippen LogP contribution is -2.39. The van der Waals surface area contributed by atoms with Crippen LogP contribution in [0.15, 0.2) is 30.5 Å². The van der Waals surface area contributed by atoms with E-state index in [0.717, 1.165) is 34.6 Å². The molecule has 2 aromatic rings. The van der Waals surface area contributed by atoms with Crippen molar-refractivity contribution >= 4 is 40.2 Å². The van der Waals surface area contributed by atoms with E-state index in [9.17, 15) is 9.59 Å². The molecule has 2 amide bonds. The van der Waals surface area contributed by atoms with Crippen LogP contribution in [0.25, 0.3) is 10.9 Å². The van der Waals surface area contributed by atoms with Crippen LogP contribution in [0.1, 0.15) is 6.42 Å². The highest BCUT2D eigenvalue weighted by Crippen LogP contribution is 2.21. The van der Waals surface area contributed by atoms with E-state index in [4.69, 9.17) is 0 Å². The summed E-state index contributed by atoms with van der Waals surface area (Å²) >= 11 is 1.88. The van der Waals surface area contributed by atoms with Crippen LogP contribution in [0.2, 0.25) is 0 Å². The Morgan fingerprint density at radius 1 is 1.33 bits per heavy atom. The Bertz CT molecular complexity index is 737. The first-order chi connectivity index (χ1) is 11.7. The molecule has 3 N–H and O–H groups in total. The third-order valence-electron chi connectivity index (χ3n) is 4.08. The number of benzene rings is 1. The van der Waals surface area contributed by atoms with Crippen LogP contribution >= 0.6 is 11.8 Å². The van der Waals surface area contributed by atoms with Gasteiger partial charge in [-0.15, -0.1) is 0 Å². The fourth-order valence-electron chi connectivity index (χ4n) is 2.82. The van der Waals surface area contributed by atoms with E-state index >= 15 is 0 Å². The smallest absolute Gasteiger partial charge is 0.239 e. The third-order valence-corrected chi connectivity index (χ3v) is 5.21. The molecular weight excluding hydrogens is 324 g/mol. The molecule has 24 heavy (non-hydrogen) atoms. The Hall–Kier alpha value is -1.99. The lowest BCUT2D eigenvalue weighted by Gasteiger charge is -2.22. The van der Waals surface area contributed by atoms with Gasteiger partial charge in [-0.1, -0.05) is 6.07 Å². The van der Waals surface area contributed by atoms with E-state index in [0.29, 0.717) is 6.42 Å². The van der Waals surface area contributed by atoms with Crippen LogP contribution in [0, 0.1) is 0 Å². The predicted octanol–water partition coefficient (Wildman–Crippen LogP) is 1.42. The minimum atomic E-state index is -0.0530. The maximum Gasteiger partial charge on any atom is 0.239 e. The molecule has 7 heteroatoms. The molecular formula is C17H22N4O2S. The van der Waals surface area contributed by atoms with Crippen molar-refractivity contribution in [1.82, 2.24) is 15.2 Å². The lowest BCUT2D eigenvalue weighted by atomic mass is 10.2. The first-order valence-electron chi connectivity index (χ1n) is 8.06. The molecule has 2 heterocycles. The molecule has 1 aliphatic rings.